The van der Waals surface area contributed by atoms with Crippen LogP contribution in [0.1, 0.15) is 24.8 Å². The summed E-state index contributed by atoms with van der Waals surface area (Å²) in [7, 11) is 4.05. The maximum absolute atomic E-state index is 12.2. The van der Waals surface area contributed by atoms with E-state index in [0.717, 1.165) is 32.4 Å². The minimum absolute atomic E-state index is 0.227. The molecule has 116 valence electrons. The van der Waals surface area contributed by atoms with E-state index in [2.05, 4.69) is 29.2 Å². The smallest absolute Gasteiger partial charge is 0.222 e. The van der Waals surface area contributed by atoms with Gasteiger partial charge < -0.3 is 14.9 Å². The van der Waals surface area contributed by atoms with E-state index in [0.29, 0.717) is 12.3 Å². The van der Waals surface area contributed by atoms with Crippen LogP contribution in [0.15, 0.2) is 24.3 Å². The number of benzene rings is 1. The lowest BCUT2D eigenvalue weighted by molar-refractivity contribution is -0.130. The summed E-state index contributed by atoms with van der Waals surface area (Å²) in [6.07, 6.45) is 3.22. The molecule has 1 aliphatic rings. The van der Waals surface area contributed by atoms with Gasteiger partial charge in [0, 0.05) is 45.9 Å². The zero-order valence-electron chi connectivity index (χ0n) is 13.1. The topological polar surface area (TPSA) is 43.8 Å². The highest BCUT2D eigenvalue weighted by Gasteiger charge is 2.25. The van der Waals surface area contributed by atoms with Gasteiger partial charge in [-0.1, -0.05) is 12.1 Å². The Bertz CT molecular complexity index is 456. The Morgan fingerprint density at radius 3 is 2.67 bits per heavy atom. The third kappa shape index (κ3) is 4.46. The maximum atomic E-state index is 12.2. The fraction of sp³-hybridized carbons (Fsp3) is 0.588. The lowest BCUT2D eigenvalue weighted by atomic mass is 10.1. The molecule has 1 atom stereocenters. The van der Waals surface area contributed by atoms with Gasteiger partial charge >= 0.3 is 0 Å². The number of amides is 1. The first-order valence-corrected chi connectivity index (χ1v) is 7.75. The fourth-order valence-electron chi connectivity index (χ4n) is 2.85. The number of nitrogens with zero attached hydrogens (tertiary/aromatic N) is 2. The molecule has 1 saturated heterocycles. The molecule has 1 amide bonds. The Balaban J connectivity index is 1.79. The first-order valence-electron chi connectivity index (χ1n) is 7.75. The van der Waals surface area contributed by atoms with E-state index in [-0.39, 0.29) is 12.5 Å². The van der Waals surface area contributed by atoms with Crippen LogP contribution in [0.4, 0.5) is 5.69 Å². The largest absolute Gasteiger partial charge is 0.396 e. The van der Waals surface area contributed by atoms with Crippen molar-refractivity contribution in [2.24, 2.45) is 5.92 Å². The number of carbonyl (C=O) groups excluding carboxylic acids is 1. The fourth-order valence-corrected chi connectivity index (χ4v) is 2.85. The number of rotatable bonds is 6. The quantitative estimate of drug-likeness (QED) is 0.870. The molecule has 21 heavy (non-hydrogen) atoms. The molecule has 1 aromatic rings. The first kappa shape index (κ1) is 15.8. The minimum atomic E-state index is 0.227. The van der Waals surface area contributed by atoms with Crippen LogP contribution in [0.25, 0.3) is 0 Å². The Hall–Kier alpha value is -1.55. The van der Waals surface area contributed by atoms with Crippen LogP contribution in [-0.2, 0) is 11.2 Å². The number of carbonyl (C=O) groups is 1. The zero-order valence-corrected chi connectivity index (χ0v) is 13.1. The lowest BCUT2D eigenvalue weighted by Gasteiger charge is -2.17. The predicted octanol–water partition coefficient (Wildman–Crippen LogP) is 1.92. The van der Waals surface area contributed by atoms with E-state index in [1.807, 2.05) is 19.0 Å². The van der Waals surface area contributed by atoms with Crippen molar-refractivity contribution in [2.75, 3.05) is 38.7 Å². The van der Waals surface area contributed by atoms with E-state index in [9.17, 15) is 4.79 Å². The van der Waals surface area contributed by atoms with E-state index in [4.69, 9.17) is 5.11 Å². The Kier molecular flexibility index (Phi) is 5.62. The second-order valence-electron chi connectivity index (χ2n) is 6.07. The average Bonchev–Trinajstić information content (AvgIpc) is 2.94. The van der Waals surface area contributed by atoms with Crippen LogP contribution in [0, 0.1) is 5.92 Å². The summed E-state index contributed by atoms with van der Waals surface area (Å²) >= 11 is 0. The summed E-state index contributed by atoms with van der Waals surface area (Å²) in [5, 5.41) is 8.96. The van der Waals surface area contributed by atoms with Crippen LogP contribution >= 0.6 is 0 Å². The summed E-state index contributed by atoms with van der Waals surface area (Å²) in [4.78, 5) is 16.2. The molecule has 1 heterocycles. The van der Waals surface area contributed by atoms with Crippen LogP contribution in [0.2, 0.25) is 0 Å². The number of aliphatic hydroxyl groups is 1. The summed E-state index contributed by atoms with van der Waals surface area (Å²) < 4.78 is 0. The molecule has 1 N–H and O–H groups in total. The monoisotopic (exact) mass is 290 g/mol. The highest BCUT2D eigenvalue weighted by molar-refractivity contribution is 5.76. The normalized spacial score (nSPS) is 18.0. The van der Waals surface area contributed by atoms with Gasteiger partial charge in [-0.05, 0) is 42.9 Å². The van der Waals surface area contributed by atoms with Crippen molar-refractivity contribution in [2.45, 2.75) is 25.7 Å². The van der Waals surface area contributed by atoms with Gasteiger partial charge in [0.15, 0.2) is 0 Å². The summed E-state index contributed by atoms with van der Waals surface area (Å²) in [6, 6.07) is 8.38. The molecule has 4 heteroatoms. The van der Waals surface area contributed by atoms with E-state index >= 15 is 0 Å². The number of aryl methyl sites for hydroxylation is 1. The SMILES string of the molecule is CN(C)c1ccc(CCC(=O)N2CCC(CCO)C2)cc1. The van der Waals surface area contributed by atoms with Crippen molar-refractivity contribution >= 4 is 11.6 Å². The average molecular weight is 290 g/mol. The van der Waals surface area contributed by atoms with Crippen LogP contribution in [0.3, 0.4) is 0 Å². The van der Waals surface area contributed by atoms with Gasteiger partial charge in [0.1, 0.15) is 0 Å². The molecule has 0 radical (unpaired) electrons. The van der Waals surface area contributed by atoms with Crippen molar-refractivity contribution in [3.05, 3.63) is 29.8 Å². The van der Waals surface area contributed by atoms with Gasteiger partial charge in [-0.3, -0.25) is 4.79 Å². The number of likely N-dealkylation sites (tertiary alicyclic amines) is 1. The van der Waals surface area contributed by atoms with E-state index in [1.165, 1.54) is 11.3 Å². The second kappa shape index (κ2) is 7.46. The molecule has 2 rings (SSSR count). The maximum Gasteiger partial charge on any atom is 0.222 e. The van der Waals surface area contributed by atoms with Gasteiger partial charge in [-0.15, -0.1) is 0 Å². The molecule has 0 spiro atoms. The predicted molar refractivity (Wildman–Crippen MR) is 85.5 cm³/mol. The number of hydrogen-bond acceptors (Lipinski definition) is 3. The Morgan fingerprint density at radius 2 is 2.05 bits per heavy atom. The number of hydrogen-bond donors (Lipinski definition) is 1. The summed E-state index contributed by atoms with van der Waals surface area (Å²) in [5.74, 6) is 0.727. The highest BCUT2D eigenvalue weighted by Crippen LogP contribution is 2.20. The van der Waals surface area contributed by atoms with Gasteiger partial charge in [0.05, 0.1) is 0 Å². The third-order valence-electron chi connectivity index (χ3n) is 4.26. The minimum Gasteiger partial charge on any atom is -0.396 e. The first-order chi connectivity index (χ1) is 10.1. The standard InChI is InChI=1S/C17H26N2O2/c1-18(2)16-6-3-14(4-7-16)5-8-17(21)19-11-9-15(13-19)10-12-20/h3-4,6-7,15,20H,5,8-13H2,1-2H3. The van der Waals surface area contributed by atoms with Crippen molar-refractivity contribution in [3.63, 3.8) is 0 Å². The molecule has 1 unspecified atom stereocenters. The van der Waals surface area contributed by atoms with Crippen LogP contribution in [-0.4, -0.2) is 49.7 Å². The molecule has 4 nitrogen and oxygen atoms in total. The zero-order chi connectivity index (χ0) is 15.2. The van der Waals surface area contributed by atoms with Gasteiger partial charge in [-0.2, -0.15) is 0 Å². The molecule has 0 aromatic heterocycles. The third-order valence-corrected chi connectivity index (χ3v) is 4.26. The van der Waals surface area contributed by atoms with Crippen molar-refractivity contribution < 1.29 is 9.90 Å². The Labute approximate surface area is 127 Å². The molecular weight excluding hydrogens is 264 g/mol. The molecule has 0 aliphatic carbocycles. The van der Waals surface area contributed by atoms with Crippen molar-refractivity contribution in [1.82, 2.24) is 4.90 Å². The van der Waals surface area contributed by atoms with Gasteiger partial charge in [0.25, 0.3) is 0 Å². The molecular formula is C17H26N2O2. The second-order valence-corrected chi connectivity index (χ2v) is 6.07. The van der Waals surface area contributed by atoms with E-state index in [1.54, 1.807) is 0 Å². The van der Waals surface area contributed by atoms with Gasteiger partial charge in [-0.25, -0.2) is 0 Å². The highest BCUT2D eigenvalue weighted by atomic mass is 16.3. The van der Waals surface area contributed by atoms with Crippen molar-refractivity contribution in [1.29, 1.82) is 0 Å². The molecule has 0 bridgehead atoms. The molecule has 1 fully saturated rings. The van der Waals surface area contributed by atoms with Gasteiger partial charge in [0.2, 0.25) is 5.91 Å². The molecule has 1 aliphatic heterocycles. The van der Waals surface area contributed by atoms with Crippen LogP contribution in [0.5, 0.6) is 0 Å². The summed E-state index contributed by atoms with van der Waals surface area (Å²) in [5.41, 5.74) is 2.39. The Morgan fingerprint density at radius 1 is 1.33 bits per heavy atom. The molecule has 1 aromatic carbocycles. The van der Waals surface area contributed by atoms with Crippen molar-refractivity contribution in [3.8, 4) is 0 Å². The number of anilines is 1. The van der Waals surface area contributed by atoms with E-state index < -0.39 is 0 Å². The molecule has 0 saturated carbocycles. The summed E-state index contributed by atoms with van der Waals surface area (Å²) in [6.45, 7) is 1.90. The number of aliphatic hydroxyl groups excluding tert-OH is 1. The lowest BCUT2D eigenvalue weighted by Crippen LogP contribution is -2.29. The van der Waals surface area contributed by atoms with Crippen LogP contribution < -0.4 is 4.90 Å².